The summed E-state index contributed by atoms with van der Waals surface area (Å²) >= 11 is 5.91. The number of aromatic amines is 1. The minimum Gasteiger partial charge on any atom is -0.459 e. The van der Waals surface area contributed by atoms with Gasteiger partial charge < -0.3 is 9.72 Å². The molecular weight excluding hydrogens is 264 g/mol. The van der Waals surface area contributed by atoms with Crippen molar-refractivity contribution in [2.75, 3.05) is 0 Å². The summed E-state index contributed by atoms with van der Waals surface area (Å²) in [7, 11) is 0. The number of nitrogens with zero attached hydrogens (tertiary/aromatic N) is 1. The molecule has 1 N–H and O–H groups in total. The number of rotatable bonds is 4. The van der Waals surface area contributed by atoms with Gasteiger partial charge in [-0.1, -0.05) is 18.2 Å². The van der Waals surface area contributed by atoms with E-state index in [0.29, 0.717) is 17.0 Å². The molecule has 1 aromatic carbocycles. The first-order valence-electron chi connectivity index (χ1n) is 5.96. The highest BCUT2D eigenvalue weighted by Gasteiger charge is 2.13. The van der Waals surface area contributed by atoms with E-state index in [1.807, 2.05) is 19.1 Å². The van der Waals surface area contributed by atoms with Crippen molar-refractivity contribution in [1.29, 1.82) is 0 Å². The van der Waals surface area contributed by atoms with Crippen LogP contribution in [0.4, 0.5) is 0 Å². The van der Waals surface area contributed by atoms with Gasteiger partial charge in [-0.2, -0.15) is 0 Å². The number of nitrogens with one attached hydrogen (secondary N) is 1. The molecular formula is C14H15ClN2O2. The fourth-order valence-corrected chi connectivity index (χ4v) is 1.90. The van der Waals surface area contributed by atoms with Crippen LogP contribution in [0.15, 0.2) is 30.4 Å². The molecule has 100 valence electrons. The number of esters is 1. The molecule has 5 heteroatoms. The Hall–Kier alpha value is -1.81. The summed E-state index contributed by atoms with van der Waals surface area (Å²) < 4.78 is 5.21. The van der Waals surface area contributed by atoms with E-state index < -0.39 is 0 Å². The van der Waals surface area contributed by atoms with Crippen molar-refractivity contribution < 1.29 is 9.53 Å². The molecule has 19 heavy (non-hydrogen) atoms. The average Bonchev–Trinajstić information content (AvgIpc) is 2.69. The number of H-pyrrole nitrogens is 1. The molecule has 2 aromatic rings. The molecule has 1 atom stereocenters. The van der Waals surface area contributed by atoms with Crippen LogP contribution in [-0.4, -0.2) is 22.0 Å². The lowest BCUT2D eigenvalue weighted by molar-refractivity contribution is -0.143. The Balaban J connectivity index is 2.08. The highest BCUT2D eigenvalue weighted by molar-refractivity contribution is 6.31. The molecule has 2 rings (SSSR count). The third kappa shape index (κ3) is 3.35. The molecule has 0 aliphatic heterocycles. The molecule has 1 heterocycles. The second kappa shape index (κ2) is 5.45. The lowest BCUT2D eigenvalue weighted by atomic mass is 10.2. The lowest BCUT2D eigenvalue weighted by Crippen LogP contribution is -2.18. The van der Waals surface area contributed by atoms with Crippen LogP contribution in [0.2, 0.25) is 5.02 Å². The van der Waals surface area contributed by atoms with E-state index in [1.54, 1.807) is 13.0 Å². The first-order chi connectivity index (χ1) is 8.95. The van der Waals surface area contributed by atoms with Crippen molar-refractivity contribution in [1.82, 2.24) is 9.97 Å². The van der Waals surface area contributed by atoms with Crippen LogP contribution in [0.5, 0.6) is 0 Å². The van der Waals surface area contributed by atoms with E-state index in [1.165, 1.54) is 0 Å². The van der Waals surface area contributed by atoms with Gasteiger partial charge in [0.2, 0.25) is 0 Å². The standard InChI is InChI=1S/C14H15ClN2O2/c1-8(2)14(18)19-9(3)6-13-16-11-5-4-10(15)7-12(11)17-13/h4-5,7,9H,1,6H2,2-3H3,(H,16,17). The van der Waals surface area contributed by atoms with Gasteiger partial charge in [0, 0.05) is 17.0 Å². The first-order valence-corrected chi connectivity index (χ1v) is 6.34. The Labute approximate surface area is 116 Å². The number of carbonyl (C=O) groups excluding carboxylic acids is 1. The van der Waals surface area contributed by atoms with Crippen molar-refractivity contribution >= 4 is 28.6 Å². The number of aromatic nitrogens is 2. The maximum atomic E-state index is 11.4. The summed E-state index contributed by atoms with van der Waals surface area (Å²) in [5, 5.41) is 0.657. The van der Waals surface area contributed by atoms with Crippen molar-refractivity contribution in [3.8, 4) is 0 Å². The first kappa shape index (κ1) is 13.6. The van der Waals surface area contributed by atoms with E-state index in [2.05, 4.69) is 16.5 Å². The maximum Gasteiger partial charge on any atom is 0.333 e. The molecule has 0 aliphatic carbocycles. The Kier molecular flexibility index (Phi) is 3.90. The van der Waals surface area contributed by atoms with Gasteiger partial charge in [0.15, 0.2) is 0 Å². The number of halogens is 1. The topological polar surface area (TPSA) is 55.0 Å². The zero-order chi connectivity index (χ0) is 14.0. The molecule has 1 aromatic heterocycles. The van der Waals surface area contributed by atoms with Crippen LogP contribution in [0.25, 0.3) is 11.0 Å². The Morgan fingerprint density at radius 3 is 3.00 bits per heavy atom. The third-order valence-corrected chi connectivity index (χ3v) is 2.87. The van der Waals surface area contributed by atoms with Crippen LogP contribution >= 0.6 is 11.6 Å². The van der Waals surface area contributed by atoms with Gasteiger partial charge >= 0.3 is 5.97 Å². The van der Waals surface area contributed by atoms with Crippen LogP contribution in [0.1, 0.15) is 19.7 Å². The molecule has 0 saturated heterocycles. The average molecular weight is 279 g/mol. The normalized spacial score (nSPS) is 12.4. The number of carbonyl (C=O) groups is 1. The zero-order valence-electron chi connectivity index (χ0n) is 10.9. The number of fused-ring (bicyclic) bond motifs is 1. The maximum absolute atomic E-state index is 11.4. The Morgan fingerprint density at radius 2 is 2.32 bits per heavy atom. The van der Waals surface area contributed by atoms with Gasteiger partial charge in [0.25, 0.3) is 0 Å². The smallest absolute Gasteiger partial charge is 0.333 e. The molecule has 0 spiro atoms. The summed E-state index contributed by atoms with van der Waals surface area (Å²) in [6.45, 7) is 6.99. The third-order valence-electron chi connectivity index (χ3n) is 2.63. The highest BCUT2D eigenvalue weighted by atomic mass is 35.5. The summed E-state index contributed by atoms with van der Waals surface area (Å²) in [5.41, 5.74) is 2.11. The second-order valence-corrected chi connectivity index (χ2v) is 4.98. The fraction of sp³-hybridized carbons (Fsp3) is 0.286. The minimum absolute atomic E-state index is 0.264. The van der Waals surface area contributed by atoms with Crippen molar-refractivity contribution in [2.45, 2.75) is 26.4 Å². The van der Waals surface area contributed by atoms with Crippen molar-refractivity contribution in [3.05, 3.63) is 41.2 Å². The van der Waals surface area contributed by atoms with Gasteiger partial charge in [-0.3, -0.25) is 0 Å². The van der Waals surface area contributed by atoms with Gasteiger partial charge in [0.05, 0.1) is 11.0 Å². The molecule has 0 aliphatic rings. The fourth-order valence-electron chi connectivity index (χ4n) is 1.73. The summed E-state index contributed by atoms with van der Waals surface area (Å²) in [5.74, 6) is 0.380. The van der Waals surface area contributed by atoms with Crippen molar-refractivity contribution in [3.63, 3.8) is 0 Å². The molecule has 0 fully saturated rings. The predicted octanol–water partition coefficient (Wildman–Crippen LogP) is 3.27. The van der Waals surface area contributed by atoms with Crippen LogP contribution in [0.3, 0.4) is 0 Å². The van der Waals surface area contributed by atoms with Gasteiger partial charge in [-0.15, -0.1) is 0 Å². The highest BCUT2D eigenvalue weighted by Crippen LogP contribution is 2.18. The van der Waals surface area contributed by atoms with E-state index in [0.717, 1.165) is 16.9 Å². The molecule has 1 unspecified atom stereocenters. The van der Waals surface area contributed by atoms with E-state index in [9.17, 15) is 4.79 Å². The quantitative estimate of drug-likeness (QED) is 0.690. The Morgan fingerprint density at radius 1 is 1.58 bits per heavy atom. The molecule has 0 radical (unpaired) electrons. The Bertz CT molecular complexity index is 633. The summed E-state index contributed by atoms with van der Waals surface area (Å²) in [6, 6.07) is 5.46. The predicted molar refractivity (Wildman–Crippen MR) is 75.2 cm³/mol. The van der Waals surface area contributed by atoms with Crippen molar-refractivity contribution in [2.24, 2.45) is 0 Å². The van der Waals surface area contributed by atoms with Crippen LogP contribution < -0.4 is 0 Å². The number of hydrogen-bond donors (Lipinski definition) is 1. The number of hydrogen-bond acceptors (Lipinski definition) is 3. The number of benzene rings is 1. The van der Waals surface area contributed by atoms with Gasteiger partial charge in [-0.05, 0) is 32.0 Å². The zero-order valence-corrected chi connectivity index (χ0v) is 11.6. The molecule has 4 nitrogen and oxygen atoms in total. The van der Waals surface area contributed by atoms with E-state index >= 15 is 0 Å². The second-order valence-electron chi connectivity index (χ2n) is 4.55. The largest absolute Gasteiger partial charge is 0.459 e. The minimum atomic E-state index is -0.383. The van der Waals surface area contributed by atoms with Gasteiger partial charge in [-0.25, -0.2) is 9.78 Å². The lowest BCUT2D eigenvalue weighted by Gasteiger charge is -2.11. The SMILES string of the molecule is C=C(C)C(=O)OC(C)Cc1nc2ccc(Cl)cc2[nH]1. The number of ether oxygens (including phenoxy) is 1. The van der Waals surface area contributed by atoms with E-state index in [-0.39, 0.29) is 12.1 Å². The summed E-state index contributed by atoms with van der Waals surface area (Å²) in [6.07, 6.45) is 0.255. The number of imidazole rings is 1. The van der Waals surface area contributed by atoms with Gasteiger partial charge in [0.1, 0.15) is 11.9 Å². The monoisotopic (exact) mass is 278 g/mol. The molecule has 0 bridgehead atoms. The van der Waals surface area contributed by atoms with Crippen LogP contribution in [-0.2, 0) is 16.0 Å². The molecule has 0 amide bonds. The van der Waals surface area contributed by atoms with Crippen LogP contribution in [0, 0.1) is 0 Å². The molecule has 0 saturated carbocycles. The van der Waals surface area contributed by atoms with E-state index in [4.69, 9.17) is 16.3 Å². The summed E-state index contributed by atoms with van der Waals surface area (Å²) in [4.78, 5) is 19.0.